The Bertz CT molecular complexity index is 486. The number of amides is 1. The van der Waals surface area contributed by atoms with Gasteiger partial charge in [0.15, 0.2) is 0 Å². The molecule has 2 heteroatoms. The fourth-order valence-electron chi connectivity index (χ4n) is 5.65. The van der Waals surface area contributed by atoms with Gasteiger partial charge in [-0.1, -0.05) is 180 Å². The largest absolute Gasteiger partial charge is 0.369 e. The average molecular weight is 534 g/mol. The fraction of sp³-hybridized carbons (Fsp3) is 0.917. The SMILES string of the molecule is CCCCCCCC/C=C/CCCCCCCCC(CCCCCCCCCCCCCCCC)C(N)=O. The molecule has 2 nitrogen and oxygen atoms in total. The third kappa shape index (κ3) is 29.8. The second kappa shape index (κ2) is 32.4. The molecule has 1 amide bonds. The van der Waals surface area contributed by atoms with E-state index in [9.17, 15) is 4.79 Å². The van der Waals surface area contributed by atoms with E-state index in [-0.39, 0.29) is 11.8 Å². The molecule has 38 heavy (non-hydrogen) atoms. The quantitative estimate of drug-likeness (QED) is 0.0678. The summed E-state index contributed by atoms with van der Waals surface area (Å²) >= 11 is 0. The van der Waals surface area contributed by atoms with Gasteiger partial charge in [-0.25, -0.2) is 0 Å². The van der Waals surface area contributed by atoms with Gasteiger partial charge in [-0.15, -0.1) is 0 Å². The molecule has 0 rings (SSSR count). The summed E-state index contributed by atoms with van der Waals surface area (Å²) in [5.41, 5.74) is 5.71. The smallest absolute Gasteiger partial charge is 0.220 e. The molecule has 0 fully saturated rings. The van der Waals surface area contributed by atoms with Gasteiger partial charge in [-0.05, 0) is 38.5 Å². The molecule has 226 valence electrons. The van der Waals surface area contributed by atoms with Gasteiger partial charge >= 0.3 is 0 Å². The molecule has 0 aliphatic carbocycles. The lowest BCUT2D eigenvalue weighted by Crippen LogP contribution is -2.23. The Morgan fingerprint density at radius 2 is 0.711 bits per heavy atom. The van der Waals surface area contributed by atoms with Crippen LogP contribution < -0.4 is 5.73 Å². The Morgan fingerprint density at radius 1 is 0.447 bits per heavy atom. The lowest BCUT2D eigenvalue weighted by atomic mass is 9.93. The summed E-state index contributed by atoms with van der Waals surface area (Å²) in [6, 6.07) is 0. The van der Waals surface area contributed by atoms with E-state index in [2.05, 4.69) is 26.0 Å². The highest BCUT2D eigenvalue weighted by Gasteiger charge is 2.14. The van der Waals surface area contributed by atoms with Gasteiger partial charge < -0.3 is 5.73 Å². The van der Waals surface area contributed by atoms with E-state index >= 15 is 0 Å². The molecule has 0 saturated carbocycles. The maximum atomic E-state index is 11.9. The van der Waals surface area contributed by atoms with Gasteiger partial charge in [0.1, 0.15) is 0 Å². The summed E-state index contributed by atoms with van der Waals surface area (Å²) in [4.78, 5) is 11.9. The van der Waals surface area contributed by atoms with E-state index in [0.29, 0.717) is 0 Å². The molecule has 0 aliphatic heterocycles. The first kappa shape index (κ1) is 37.2. The Kier molecular flexibility index (Phi) is 31.7. The molecule has 0 aromatic carbocycles. The molecule has 0 saturated heterocycles. The Morgan fingerprint density at radius 3 is 1.00 bits per heavy atom. The number of hydrogen-bond acceptors (Lipinski definition) is 1. The van der Waals surface area contributed by atoms with Crippen molar-refractivity contribution >= 4 is 5.91 Å². The highest BCUT2D eigenvalue weighted by molar-refractivity contribution is 5.76. The summed E-state index contributed by atoms with van der Waals surface area (Å²) in [7, 11) is 0. The molecule has 0 radical (unpaired) electrons. The van der Waals surface area contributed by atoms with Gasteiger partial charge in [-0.2, -0.15) is 0 Å². The molecule has 0 aromatic heterocycles. The van der Waals surface area contributed by atoms with Crippen LogP contribution >= 0.6 is 0 Å². The number of unbranched alkanes of at least 4 members (excludes halogenated alkanes) is 25. The van der Waals surface area contributed by atoms with Gasteiger partial charge in [-0.3, -0.25) is 4.79 Å². The number of rotatable bonds is 32. The van der Waals surface area contributed by atoms with E-state index in [1.807, 2.05) is 0 Å². The van der Waals surface area contributed by atoms with Crippen molar-refractivity contribution in [3.63, 3.8) is 0 Å². The number of allylic oxidation sites excluding steroid dienone is 2. The van der Waals surface area contributed by atoms with Crippen molar-refractivity contribution in [1.29, 1.82) is 0 Å². The normalized spacial score (nSPS) is 12.5. The van der Waals surface area contributed by atoms with Gasteiger partial charge in [0.05, 0.1) is 0 Å². The van der Waals surface area contributed by atoms with Crippen LogP contribution in [0, 0.1) is 5.92 Å². The fourth-order valence-corrected chi connectivity index (χ4v) is 5.65. The molecule has 2 N–H and O–H groups in total. The standard InChI is InChI=1S/C36H71NO/c1-3-5-7-9-11-13-15-17-19-20-22-24-26-28-30-32-34-35(36(37)38)33-31-29-27-25-23-21-18-16-14-12-10-8-6-4-2/h17,19,35H,3-16,18,20-34H2,1-2H3,(H2,37,38)/b19-17+. The van der Waals surface area contributed by atoms with Crippen molar-refractivity contribution in [2.75, 3.05) is 0 Å². The zero-order chi connectivity index (χ0) is 27.8. The van der Waals surface area contributed by atoms with Crippen molar-refractivity contribution in [2.24, 2.45) is 11.7 Å². The molecule has 0 aromatic rings. The van der Waals surface area contributed by atoms with Crippen molar-refractivity contribution in [2.45, 2.75) is 206 Å². The first-order valence-corrected chi connectivity index (χ1v) is 17.7. The van der Waals surface area contributed by atoms with Gasteiger partial charge in [0.2, 0.25) is 5.91 Å². The predicted molar refractivity (Wildman–Crippen MR) is 172 cm³/mol. The van der Waals surface area contributed by atoms with Crippen LogP contribution in [0.4, 0.5) is 0 Å². The Hall–Kier alpha value is -0.790. The lowest BCUT2D eigenvalue weighted by Gasteiger charge is -2.13. The predicted octanol–water partition coefficient (Wildman–Crippen LogP) is 12.4. The number of nitrogens with two attached hydrogens (primary N) is 1. The number of hydrogen-bond donors (Lipinski definition) is 1. The third-order valence-electron chi connectivity index (χ3n) is 8.37. The minimum Gasteiger partial charge on any atom is -0.369 e. The number of primary amides is 1. The lowest BCUT2D eigenvalue weighted by molar-refractivity contribution is -0.122. The number of carbonyl (C=O) groups excluding carboxylic acids is 1. The van der Waals surface area contributed by atoms with E-state index in [0.717, 1.165) is 12.8 Å². The van der Waals surface area contributed by atoms with E-state index < -0.39 is 0 Å². The monoisotopic (exact) mass is 534 g/mol. The maximum absolute atomic E-state index is 11.9. The van der Waals surface area contributed by atoms with Crippen LogP contribution in [0.1, 0.15) is 206 Å². The molecule has 1 atom stereocenters. The minimum atomic E-state index is -0.0626. The van der Waals surface area contributed by atoms with Crippen molar-refractivity contribution < 1.29 is 4.79 Å². The highest BCUT2D eigenvalue weighted by Crippen LogP contribution is 2.20. The maximum Gasteiger partial charge on any atom is 0.220 e. The van der Waals surface area contributed by atoms with Crippen LogP contribution in [0.15, 0.2) is 12.2 Å². The van der Waals surface area contributed by atoms with Crippen LogP contribution in [0.3, 0.4) is 0 Å². The number of carbonyl (C=O) groups is 1. The highest BCUT2D eigenvalue weighted by atomic mass is 16.1. The van der Waals surface area contributed by atoms with Gasteiger partial charge in [0, 0.05) is 5.92 Å². The van der Waals surface area contributed by atoms with Crippen LogP contribution in [0.25, 0.3) is 0 Å². The van der Waals surface area contributed by atoms with Crippen LogP contribution in [0.5, 0.6) is 0 Å². The van der Waals surface area contributed by atoms with Gasteiger partial charge in [0.25, 0.3) is 0 Å². The summed E-state index contributed by atoms with van der Waals surface area (Å²) in [6.45, 7) is 4.57. The van der Waals surface area contributed by atoms with Crippen LogP contribution in [0.2, 0.25) is 0 Å². The summed E-state index contributed by atoms with van der Waals surface area (Å²) in [5.74, 6) is 0.0524. The Balaban J connectivity index is 3.43. The van der Waals surface area contributed by atoms with E-state index in [4.69, 9.17) is 5.73 Å². The molecular weight excluding hydrogens is 462 g/mol. The van der Waals surface area contributed by atoms with E-state index in [1.54, 1.807) is 0 Å². The molecule has 0 aliphatic rings. The van der Waals surface area contributed by atoms with Crippen LogP contribution in [-0.4, -0.2) is 5.91 Å². The van der Waals surface area contributed by atoms with Crippen molar-refractivity contribution in [3.8, 4) is 0 Å². The summed E-state index contributed by atoms with van der Waals surface area (Å²) in [6.07, 6.45) is 44.8. The van der Waals surface area contributed by atoms with Crippen LogP contribution in [-0.2, 0) is 4.79 Å². The Labute approximate surface area is 240 Å². The average Bonchev–Trinajstić information content (AvgIpc) is 2.91. The zero-order valence-electron chi connectivity index (χ0n) is 26.4. The molecular formula is C36H71NO. The first-order valence-electron chi connectivity index (χ1n) is 17.7. The first-order chi connectivity index (χ1) is 18.7. The zero-order valence-corrected chi connectivity index (χ0v) is 26.4. The second-order valence-corrected chi connectivity index (χ2v) is 12.2. The molecule has 0 heterocycles. The minimum absolute atomic E-state index is 0.0626. The second-order valence-electron chi connectivity index (χ2n) is 12.2. The molecule has 1 unspecified atom stereocenters. The van der Waals surface area contributed by atoms with Crippen molar-refractivity contribution in [3.05, 3.63) is 12.2 Å². The third-order valence-corrected chi connectivity index (χ3v) is 8.37. The van der Waals surface area contributed by atoms with Crippen molar-refractivity contribution in [1.82, 2.24) is 0 Å². The van der Waals surface area contributed by atoms with E-state index in [1.165, 1.54) is 180 Å². The molecule has 0 bridgehead atoms. The molecule has 0 spiro atoms. The summed E-state index contributed by atoms with van der Waals surface area (Å²) < 4.78 is 0. The summed E-state index contributed by atoms with van der Waals surface area (Å²) in [5, 5.41) is 0. The topological polar surface area (TPSA) is 43.1 Å².